The van der Waals surface area contributed by atoms with E-state index in [1.807, 2.05) is 0 Å². The lowest BCUT2D eigenvalue weighted by molar-refractivity contribution is 0.345. The van der Waals surface area contributed by atoms with Crippen LogP contribution in [0.2, 0.25) is 0 Å². The molecule has 0 amide bonds. The Balaban J connectivity index is 2.02. The van der Waals surface area contributed by atoms with Crippen molar-refractivity contribution >= 4 is 11.6 Å². The topological polar surface area (TPSA) is 53.5 Å². The second-order valence-electron chi connectivity index (χ2n) is 5.48. The monoisotopic (exact) mass is 293 g/mol. The minimum absolute atomic E-state index is 0.731. The van der Waals surface area contributed by atoms with E-state index in [-0.39, 0.29) is 0 Å². The Bertz CT molecular complexity index is 434. The molecule has 0 bridgehead atoms. The quantitative estimate of drug-likeness (QED) is 0.789. The Morgan fingerprint density at radius 2 is 2.10 bits per heavy atom. The van der Waals surface area contributed by atoms with Crippen LogP contribution in [0.3, 0.4) is 0 Å². The standard InChI is InChI=1S/C15H27N5O/c1-4-7-16-14-13(21-3)15(18-12-17-14)19(2)10-11-20-8-5-6-9-20/h12H,4-11H2,1-3H3,(H,16,17,18). The maximum Gasteiger partial charge on any atom is 0.204 e. The molecule has 0 unspecified atom stereocenters. The molecular weight excluding hydrogens is 266 g/mol. The van der Waals surface area contributed by atoms with Crippen molar-refractivity contribution in [2.75, 3.05) is 57.1 Å². The number of hydrogen-bond donors (Lipinski definition) is 1. The third-order valence-corrected chi connectivity index (χ3v) is 3.84. The van der Waals surface area contributed by atoms with Crippen molar-refractivity contribution in [3.8, 4) is 5.75 Å². The van der Waals surface area contributed by atoms with Gasteiger partial charge in [0.25, 0.3) is 0 Å². The predicted octanol–water partition coefficient (Wildman–Crippen LogP) is 1.84. The SMILES string of the molecule is CCCNc1ncnc(N(C)CCN2CCCC2)c1OC. The molecule has 1 aromatic heterocycles. The second-order valence-corrected chi connectivity index (χ2v) is 5.48. The van der Waals surface area contributed by atoms with Gasteiger partial charge in [-0.1, -0.05) is 6.92 Å². The first-order valence-corrected chi connectivity index (χ1v) is 7.82. The summed E-state index contributed by atoms with van der Waals surface area (Å²) in [6, 6.07) is 0. The number of likely N-dealkylation sites (tertiary alicyclic amines) is 1. The van der Waals surface area contributed by atoms with Crippen molar-refractivity contribution in [2.45, 2.75) is 26.2 Å². The van der Waals surface area contributed by atoms with E-state index < -0.39 is 0 Å². The molecule has 0 radical (unpaired) electrons. The highest BCUT2D eigenvalue weighted by Crippen LogP contribution is 2.31. The van der Waals surface area contributed by atoms with Gasteiger partial charge in [-0.15, -0.1) is 0 Å². The molecule has 21 heavy (non-hydrogen) atoms. The maximum atomic E-state index is 5.52. The number of anilines is 2. The zero-order valence-electron chi connectivity index (χ0n) is 13.4. The second kappa shape index (κ2) is 8.02. The van der Waals surface area contributed by atoms with Crippen molar-refractivity contribution in [3.05, 3.63) is 6.33 Å². The van der Waals surface area contributed by atoms with Crippen molar-refractivity contribution < 1.29 is 4.74 Å². The van der Waals surface area contributed by atoms with Gasteiger partial charge in [-0.2, -0.15) is 0 Å². The normalized spacial score (nSPS) is 15.2. The highest BCUT2D eigenvalue weighted by atomic mass is 16.5. The van der Waals surface area contributed by atoms with Gasteiger partial charge in [0.05, 0.1) is 7.11 Å². The average molecular weight is 293 g/mol. The molecule has 0 atom stereocenters. The Kier molecular flexibility index (Phi) is 6.04. The van der Waals surface area contributed by atoms with Gasteiger partial charge in [0.1, 0.15) is 6.33 Å². The molecule has 2 heterocycles. The Morgan fingerprint density at radius 3 is 2.76 bits per heavy atom. The first kappa shape index (κ1) is 15.8. The average Bonchev–Trinajstić information content (AvgIpc) is 3.03. The van der Waals surface area contributed by atoms with Crippen LogP contribution in [0.15, 0.2) is 6.33 Å². The Hall–Kier alpha value is -1.56. The van der Waals surface area contributed by atoms with Gasteiger partial charge in [0.2, 0.25) is 5.75 Å². The van der Waals surface area contributed by atoms with Crippen molar-refractivity contribution in [1.29, 1.82) is 0 Å². The van der Waals surface area contributed by atoms with E-state index in [2.05, 4.69) is 39.1 Å². The Labute approximate surface area is 127 Å². The molecule has 118 valence electrons. The lowest BCUT2D eigenvalue weighted by atomic mass is 10.4. The number of nitrogens with zero attached hydrogens (tertiary/aromatic N) is 4. The fourth-order valence-electron chi connectivity index (χ4n) is 2.60. The van der Waals surface area contributed by atoms with Crippen LogP contribution in [0.1, 0.15) is 26.2 Å². The minimum Gasteiger partial charge on any atom is -0.490 e. The molecule has 0 spiro atoms. The summed E-state index contributed by atoms with van der Waals surface area (Å²) in [6.45, 7) is 7.46. The summed E-state index contributed by atoms with van der Waals surface area (Å²) in [4.78, 5) is 13.3. The fraction of sp³-hybridized carbons (Fsp3) is 0.733. The van der Waals surface area contributed by atoms with Gasteiger partial charge in [-0.25, -0.2) is 9.97 Å². The summed E-state index contributed by atoms with van der Waals surface area (Å²) < 4.78 is 5.52. The molecule has 0 aliphatic carbocycles. The number of aromatic nitrogens is 2. The van der Waals surface area contributed by atoms with Crippen molar-refractivity contribution in [2.24, 2.45) is 0 Å². The van der Waals surface area contributed by atoms with Gasteiger partial charge < -0.3 is 19.9 Å². The summed E-state index contributed by atoms with van der Waals surface area (Å²) in [7, 11) is 3.73. The summed E-state index contributed by atoms with van der Waals surface area (Å²) >= 11 is 0. The molecule has 1 fully saturated rings. The summed E-state index contributed by atoms with van der Waals surface area (Å²) in [5.74, 6) is 2.36. The Morgan fingerprint density at radius 1 is 1.33 bits per heavy atom. The molecule has 1 N–H and O–H groups in total. The van der Waals surface area contributed by atoms with Crippen LogP contribution >= 0.6 is 0 Å². The van der Waals surface area contributed by atoms with Crippen molar-refractivity contribution in [1.82, 2.24) is 14.9 Å². The summed E-state index contributed by atoms with van der Waals surface area (Å²) in [5, 5.41) is 3.29. The molecule has 1 saturated heterocycles. The predicted molar refractivity (Wildman–Crippen MR) is 86.3 cm³/mol. The van der Waals surface area contributed by atoms with E-state index in [0.717, 1.165) is 43.4 Å². The van der Waals surface area contributed by atoms with Crippen molar-refractivity contribution in [3.63, 3.8) is 0 Å². The van der Waals surface area contributed by atoms with Gasteiger partial charge >= 0.3 is 0 Å². The van der Waals surface area contributed by atoms with E-state index in [1.165, 1.54) is 25.9 Å². The molecule has 6 nitrogen and oxygen atoms in total. The maximum absolute atomic E-state index is 5.52. The molecular formula is C15H27N5O. The molecule has 1 aliphatic rings. The zero-order valence-corrected chi connectivity index (χ0v) is 13.4. The molecule has 1 aromatic rings. The van der Waals surface area contributed by atoms with Crippen LogP contribution in [0.4, 0.5) is 11.6 Å². The summed E-state index contributed by atoms with van der Waals surface area (Å²) in [6.07, 6.45) is 5.30. The van der Waals surface area contributed by atoms with Crippen LogP contribution in [0.25, 0.3) is 0 Å². The lowest BCUT2D eigenvalue weighted by Crippen LogP contribution is -2.32. The van der Waals surface area contributed by atoms with E-state index in [4.69, 9.17) is 4.74 Å². The van der Waals surface area contributed by atoms with Crippen LogP contribution in [-0.2, 0) is 0 Å². The smallest absolute Gasteiger partial charge is 0.204 e. The largest absolute Gasteiger partial charge is 0.490 e. The number of ether oxygens (including phenoxy) is 1. The van der Waals surface area contributed by atoms with Crippen LogP contribution in [-0.4, -0.2) is 61.7 Å². The highest BCUT2D eigenvalue weighted by molar-refractivity contribution is 5.64. The van der Waals surface area contributed by atoms with Gasteiger partial charge in [0.15, 0.2) is 11.6 Å². The first-order chi connectivity index (χ1) is 10.3. The number of rotatable bonds is 8. The highest BCUT2D eigenvalue weighted by Gasteiger charge is 2.17. The van der Waals surface area contributed by atoms with Gasteiger partial charge in [-0.3, -0.25) is 0 Å². The summed E-state index contributed by atoms with van der Waals surface area (Å²) in [5.41, 5.74) is 0. The number of hydrogen-bond acceptors (Lipinski definition) is 6. The molecule has 0 saturated carbocycles. The number of nitrogens with one attached hydrogen (secondary N) is 1. The van der Waals surface area contributed by atoms with Gasteiger partial charge in [-0.05, 0) is 32.4 Å². The number of likely N-dealkylation sites (N-methyl/N-ethyl adjacent to an activating group) is 1. The molecule has 2 rings (SSSR count). The molecule has 0 aromatic carbocycles. The van der Waals surface area contributed by atoms with Crippen LogP contribution < -0.4 is 15.0 Å². The van der Waals surface area contributed by atoms with Crippen LogP contribution in [0, 0.1) is 0 Å². The lowest BCUT2D eigenvalue weighted by Gasteiger charge is -2.24. The number of methoxy groups -OCH3 is 1. The van der Waals surface area contributed by atoms with Crippen LogP contribution in [0.5, 0.6) is 5.75 Å². The third-order valence-electron chi connectivity index (χ3n) is 3.84. The van der Waals surface area contributed by atoms with E-state index in [1.54, 1.807) is 13.4 Å². The molecule has 6 heteroatoms. The first-order valence-electron chi connectivity index (χ1n) is 7.82. The van der Waals surface area contributed by atoms with E-state index in [0.29, 0.717) is 0 Å². The fourth-order valence-corrected chi connectivity index (χ4v) is 2.60. The van der Waals surface area contributed by atoms with E-state index >= 15 is 0 Å². The zero-order chi connectivity index (χ0) is 15.1. The third kappa shape index (κ3) is 4.20. The minimum atomic E-state index is 0.731. The van der Waals surface area contributed by atoms with E-state index in [9.17, 15) is 0 Å². The molecule has 1 aliphatic heterocycles. The van der Waals surface area contributed by atoms with Gasteiger partial charge in [0, 0.05) is 26.7 Å².